The van der Waals surface area contributed by atoms with E-state index in [1.54, 1.807) is 24.3 Å². The molecule has 0 bridgehead atoms. The lowest BCUT2D eigenvalue weighted by Gasteiger charge is -2.36. The number of aromatic nitrogens is 2. The first-order valence-corrected chi connectivity index (χ1v) is 11.3. The van der Waals surface area contributed by atoms with Crippen LogP contribution in [0.15, 0.2) is 71.6 Å². The second-order valence-corrected chi connectivity index (χ2v) is 9.02. The minimum atomic E-state index is -3.71. The van der Waals surface area contributed by atoms with Crippen molar-refractivity contribution >= 4 is 33.0 Å². The fraction of sp³-hybridized carbons (Fsp3) is 0.238. The molecule has 2 aliphatic rings. The van der Waals surface area contributed by atoms with Crippen LogP contribution in [0.25, 0.3) is 0 Å². The lowest BCUT2D eigenvalue weighted by molar-refractivity contribution is 0.280. The van der Waals surface area contributed by atoms with Gasteiger partial charge >= 0.3 is 0 Å². The van der Waals surface area contributed by atoms with E-state index in [-0.39, 0.29) is 22.1 Å². The standard InChI is InChI=1S/C21H23N7O2S/c22-19-6-1-16(13-20(19)23)14-27-9-11-28(12-10-27)17-2-4-18(5-3-17)31(29,30)26-21-7-8-24-15-25-21/h1-8,13,15,22-23H,9-12,14H2,(H,24,25,26). The van der Waals surface area contributed by atoms with E-state index in [0.29, 0.717) is 0 Å². The van der Waals surface area contributed by atoms with E-state index in [4.69, 9.17) is 10.8 Å². The zero-order valence-corrected chi connectivity index (χ0v) is 17.6. The highest BCUT2D eigenvalue weighted by atomic mass is 32.2. The van der Waals surface area contributed by atoms with Crippen molar-refractivity contribution in [1.29, 1.82) is 10.8 Å². The molecule has 31 heavy (non-hydrogen) atoms. The Hall–Kier alpha value is -3.37. The number of anilines is 2. The maximum Gasteiger partial charge on any atom is 0.263 e. The van der Waals surface area contributed by atoms with Crippen LogP contribution in [0.2, 0.25) is 0 Å². The number of rotatable bonds is 6. The van der Waals surface area contributed by atoms with Crippen LogP contribution < -0.4 is 9.62 Å². The molecule has 2 heterocycles. The van der Waals surface area contributed by atoms with Gasteiger partial charge in [0.15, 0.2) is 0 Å². The third-order valence-electron chi connectivity index (χ3n) is 5.20. The summed E-state index contributed by atoms with van der Waals surface area (Å²) in [7, 11) is -3.71. The van der Waals surface area contributed by atoms with Gasteiger partial charge in [0.05, 0.1) is 16.3 Å². The number of sulfonamides is 1. The van der Waals surface area contributed by atoms with E-state index in [1.165, 1.54) is 18.6 Å². The molecule has 1 fully saturated rings. The SMILES string of the molecule is N=C1C=CC(CN2CCN(c3ccc(S(=O)(=O)Nc4ccncn4)cc3)CC2)=CC1=N. The van der Waals surface area contributed by atoms with Crippen molar-refractivity contribution in [2.24, 2.45) is 0 Å². The Labute approximate surface area is 181 Å². The molecule has 4 rings (SSSR count). The first-order chi connectivity index (χ1) is 14.9. The fourth-order valence-corrected chi connectivity index (χ4v) is 4.50. The van der Waals surface area contributed by atoms with Crippen LogP contribution in [0.5, 0.6) is 0 Å². The van der Waals surface area contributed by atoms with Gasteiger partial charge in [0.25, 0.3) is 10.0 Å². The van der Waals surface area contributed by atoms with Crippen LogP contribution in [0.1, 0.15) is 0 Å². The molecule has 0 amide bonds. The molecule has 2 aromatic rings. The summed E-state index contributed by atoms with van der Waals surface area (Å²) >= 11 is 0. The van der Waals surface area contributed by atoms with Crippen molar-refractivity contribution in [3.63, 3.8) is 0 Å². The number of nitrogens with zero attached hydrogens (tertiary/aromatic N) is 4. The van der Waals surface area contributed by atoms with Gasteiger partial charge in [-0.25, -0.2) is 18.4 Å². The van der Waals surface area contributed by atoms with Crippen LogP contribution in [-0.4, -0.2) is 67.4 Å². The molecule has 9 nitrogen and oxygen atoms in total. The van der Waals surface area contributed by atoms with Gasteiger partial charge in [-0.2, -0.15) is 0 Å². The minimum Gasteiger partial charge on any atom is -0.369 e. The lowest BCUT2D eigenvalue weighted by Crippen LogP contribution is -2.47. The number of hydrogen-bond donors (Lipinski definition) is 3. The average molecular weight is 438 g/mol. The molecule has 0 radical (unpaired) electrons. The second kappa shape index (κ2) is 8.78. The predicted molar refractivity (Wildman–Crippen MR) is 121 cm³/mol. The van der Waals surface area contributed by atoms with Crippen LogP contribution in [0.3, 0.4) is 0 Å². The smallest absolute Gasteiger partial charge is 0.263 e. The predicted octanol–water partition coefficient (Wildman–Crippen LogP) is 1.94. The summed E-state index contributed by atoms with van der Waals surface area (Å²) in [5.41, 5.74) is 2.51. The Balaban J connectivity index is 1.34. The van der Waals surface area contributed by atoms with Crippen molar-refractivity contribution in [3.8, 4) is 0 Å². The number of benzene rings is 1. The number of hydrogen-bond acceptors (Lipinski definition) is 8. The van der Waals surface area contributed by atoms with E-state index in [0.717, 1.165) is 44.0 Å². The Morgan fingerprint density at radius 1 is 0.968 bits per heavy atom. The molecule has 1 saturated heterocycles. The normalized spacial score (nSPS) is 17.5. The molecule has 3 N–H and O–H groups in total. The summed E-state index contributed by atoms with van der Waals surface area (Å²) < 4.78 is 27.5. The van der Waals surface area contributed by atoms with Gasteiger partial charge in [-0.3, -0.25) is 20.4 Å². The second-order valence-electron chi connectivity index (χ2n) is 7.34. The van der Waals surface area contributed by atoms with Crippen molar-refractivity contribution in [2.75, 3.05) is 42.3 Å². The zero-order valence-electron chi connectivity index (χ0n) is 16.8. The van der Waals surface area contributed by atoms with E-state index in [9.17, 15) is 8.42 Å². The van der Waals surface area contributed by atoms with Gasteiger partial charge < -0.3 is 4.90 Å². The maximum atomic E-state index is 12.5. The summed E-state index contributed by atoms with van der Waals surface area (Å²) in [4.78, 5) is 12.4. The topological polar surface area (TPSA) is 126 Å². The third-order valence-corrected chi connectivity index (χ3v) is 6.57. The maximum absolute atomic E-state index is 12.5. The number of allylic oxidation sites excluding steroid dienone is 2. The summed E-state index contributed by atoms with van der Waals surface area (Å²) in [6, 6.07) is 8.34. The van der Waals surface area contributed by atoms with Gasteiger partial charge in [-0.15, -0.1) is 0 Å². The van der Waals surface area contributed by atoms with Gasteiger partial charge in [0.1, 0.15) is 12.1 Å². The molecule has 1 aliphatic heterocycles. The van der Waals surface area contributed by atoms with Crippen molar-refractivity contribution in [2.45, 2.75) is 4.90 Å². The van der Waals surface area contributed by atoms with E-state index >= 15 is 0 Å². The summed E-state index contributed by atoms with van der Waals surface area (Å²) in [6.45, 7) is 4.15. The molecule has 1 aromatic carbocycles. The van der Waals surface area contributed by atoms with Crippen LogP contribution in [0.4, 0.5) is 11.5 Å². The molecule has 0 saturated carbocycles. The lowest BCUT2D eigenvalue weighted by atomic mass is 10.0. The van der Waals surface area contributed by atoms with E-state index in [1.807, 2.05) is 18.2 Å². The number of piperazine rings is 1. The molecule has 0 atom stereocenters. The van der Waals surface area contributed by atoms with Crippen LogP contribution >= 0.6 is 0 Å². The molecular weight excluding hydrogens is 414 g/mol. The zero-order chi connectivity index (χ0) is 21.8. The summed E-state index contributed by atoms with van der Waals surface area (Å²) in [5, 5.41) is 15.4. The highest BCUT2D eigenvalue weighted by Gasteiger charge is 2.20. The highest BCUT2D eigenvalue weighted by molar-refractivity contribution is 7.92. The largest absolute Gasteiger partial charge is 0.369 e. The average Bonchev–Trinajstić information content (AvgIpc) is 2.77. The molecule has 0 unspecified atom stereocenters. The third kappa shape index (κ3) is 5.04. The monoisotopic (exact) mass is 437 g/mol. The van der Waals surface area contributed by atoms with Crippen molar-refractivity contribution < 1.29 is 8.42 Å². The summed E-state index contributed by atoms with van der Waals surface area (Å²) in [5.74, 6) is 0.227. The molecule has 160 valence electrons. The Morgan fingerprint density at radius 2 is 1.71 bits per heavy atom. The molecular formula is C21H23N7O2S. The summed E-state index contributed by atoms with van der Waals surface area (Å²) in [6.07, 6.45) is 8.09. The van der Waals surface area contributed by atoms with Gasteiger partial charge in [-0.1, -0.05) is 6.08 Å². The van der Waals surface area contributed by atoms with Crippen LogP contribution in [0, 0.1) is 10.8 Å². The quantitative estimate of drug-likeness (QED) is 0.593. The number of nitrogens with one attached hydrogen (secondary N) is 3. The Bertz CT molecular complexity index is 1130. The first-order valence-electron chi connectivity index (χ1n) is 9.83. The van der Waals surface area contributed by atoms with Crippen LogP contribution in [-0.2, 0) is 10.0 Å². The molecule has 0 spiro atoms. The molecule has 1 aromatic heterocycles. The first kappa shape index (κ1) is 20.9. The van der Waals surface area contributed by atoms with Gasteiger partial charge in [0, 0.05) is 44.6 Å². The Morgan fingerprint density at radius 3 is 2.35 bits per heavy atom. The van der Waals surface area contributed by atoms with Crippen molar-refractivity contribution in [1.82, 2.24) is 14.9 Å². The van der Waals surface area contributed by atoms with Crippen molar-refractivity contribution in [3.05, 3.63) is 66.7 Å². The minimum absolute atomic E-state index is 0.178. The Kier molecular flexibility index (Phi) is 5.92. The van der Waals surface area contributed by atoms with Gasteiger partial charge in [-0.05, 0) is 48.1 Å². The van der Waals surface area contributed by atoms with E-state index in [2.05, 4.69) is 24.5 Å². The molecule has 1 aliphatic carbocycles. The fourth-order valence-electron chi connectivity index (χ4n) is 3.50. The van der Waals surface area contributed by atoms with E-state index < -0.39 is 10.0 Å². The molecule has 10 heteroatoms. The highest BCUT2D eigenvalue weighted by Crippen LogP contribution is 2.21. The van der Waals surface area contributed by atoms with Gasteiger partial charge in [0.2, 0.25) is 0 Å².